The Kier molecular flexibility index (Phi) is 10.7. The van der Waals surface area contributed by atoms with Crippen molar-refractivity contribution in [1.29, 1.82) is 0 Å². The van der Waals surface area contributed by atoms with Gasteiger partial charge in [0.2, 0.25) is 0 Å². The zero-order valence-electron chi connectivity index (χ0n) is 26.3. The third kappa shape index (κ3) is 8.74. The first-order chi connectivity index (χ1) is 20.6. The molecule has 0 saturated carbocycles. The van der Waals surface area contributed by atoms with E-state index >= 15 is 0 Å². The van der Waals surface area contributed by atoms with Gasteiger partial charge in [0.1, 0.15) is 5.82 Å². The molecule has 0 aliphatic heterocycles. The second kappa shape index (κ2) is 14.4. The smallest absolute Gasteiger partial charge is 0.253 e. The molecule has 4 aromatic rings. The third-order valence-corrected chi connectivity index (χ3v) is 8.13. The van der Waals surface area contributed by atoms with Crippen LogP contribution in [-0.2, 0) is 24.1 Å². The first-order valence-corrected chi connectivity index (χ1v) is 15.4. The summed E-state index contributed by atoms with van der Waals surface area (Å²) >= 11 is 1.61. The van der Waals surface area contributed by atoms with Gasteiger partial charge in [-0.25, -0.2) is 9.97 Å². The number of ether oxygens (including phenoxy) is 2. The van der Waals surface area contributed by atoms with Crippen LogP contribution in [0.15, 0.2) is 84.0 Å². The van der Waals surface area contributed by atoms with Gasteiger partial charge >= 0.3 is 0 Å². The summed E-state index contributed by atoms with van der Waals surface area (Å²) in [4.78, 5) is 26.7. The second-order valence-electron chi connectivity index (χ2n) is 11.6. The molecule has 0 saturated heterocycles. The molecule has 1 amide bonds. The molecule has 43 heavy (non-hydrogen) atoms. The van der Waals surface area contributed by atoms with Gasteiger partial charge in [0.05, 0.1) is 19.9 Å². The van der Waals surface area contributed by atoms with Crippen molar-refractivity contribution in [2.75, 3.05) is 39.8 Å². The molecule has 1 heterocycles. The molecule has 8 heteroatoms. The third-order valence-electron chi connectivity index (χ3n) is 7.21. The highest BCUT2D eigenvalue weighted by atomic mass is 32.2. The number of nitrogens with zero attached hydrogens (tertiary/aromatic N) is 4. The number of hydrogen-bond acceptors (Lipinski definition) is 7. The minimum atomic E-state index is -0.120. The van der Waals surface area contributed by atoms with Crippen molar-refractivity contribution in [2.45, 2.75) is 50.1 Å². The Morgan fingerprint density at radius 1 is 0.814 bits per heavy atom. The van der Waals surface area contributed by atoms with Crippen LogP contribution in [0.1, 0.15) is 53.5 Å². The van der Waals surface area contributed by atoms with Crippen LogP contribution in [0.25, 0.3) is 0 Å². The molecular weight excluding hydrogens is 556 g/mol. The fraction of sp³-hybridized carbons (Fsp3) is 0.343. The van der Waals surface area contributed by atoms with Gasteiger partial charge in [-0.2, -0.15) is 0 Å². The molecule has 0 bridgehead atoms. The molecule has 0 aliphatic rings. The molecule has 0 N–H and O–H groups in total. The largest absolute Gasteiger partial charge is 0.493 e. The van der Waals surface area contributed by atoms with Gasteiger partial charge in [-0.05, 0) is 47.4 Å². The summed E-state index contributed by atoms with van der Waals surface area (Å²) in [5.74, 6) is 3.06. The average molecular weight is 599 g/mol. The number of amides is 1. The second-order valence-corrected chi connectivity index (χ2v) is 12.6. The van der Waals surface area contributed by atoms with E-state index in [2.05, 4.69) is 44.9 Å². The number of thioether (sulfide) groups is 1. The monoisotopic (exact) mass is 598 g/mol. The highest BCUT2D eigenvalue weighted by molar-refractivity contribution is 7.98. The summed E-state index contributed by atoms with van der Waals surface area (Å²) in [6.07, 6.45) is 0.833. The number of likely N-dealkylation sites (N-methyl/N-ethyl adjacent to an activating group) is 1. The molecule has 7 nitrogen and oxygen atoms in total. The molecule has 4 rings (SSSR count). The van der Waals surface area contributed by atoms with Gasteiger partial charge in [-0.1, -0.05) is 81.1 Å². The average Bonchev–Trinajstić information content (AvgIpc) is 3.02. The summed E-state index contributed by atoms with van der Waals surface area (Å²) in [5, 5.41) is 0.739. The van der Waals surface area contributed by atoms with E-state index in [9.17, 15) is 4.79 Å². The van der Waals surface area contributed by atoms with E-state index in [1.165, 1.54) is 0 Å². The van der Waals surface area contributed by atoms with Crippen molar-refractivity contribution < 1.29 is 14.3 Å². The molecular formula is C35H42N4O3S. The van der Waals surface area contributed by atoms with Crippen LogP contribution in [0.3, 0.4) is 0 Å². The number of anilines is 1. The van der Waals surface area contributed by atoms with Gasteiger partial charge in [0.25, 0.3) is 5.91 Å². The Balaban J connectivity index is 1.42. The molecule has 0 unspecified atom stereocenters. The van der Waals surface area contributed by atoms with Crippen molar-refractivity contribution in [3.05, 3.63) is 107 Å². The fourth-order valence-corrected chi connectivity index (χ4v) is 5.35. The topological polar surface area (TPSA) is 67.8 Å². The van der Waals surface area contributed by atoms with Crippen LogP contribution in [0.4, 0.5) is 5.82 Å². The first-order valence-electron chi connectivity index (χ1n) is 14.4. The predicted molar refractivity (Wildman–Crippen MR) is 175 cm³/mol. The lowest BCUT2D eigenvalue weighted by atomic mass is 9.92. The van der Waals surface area contributed by atoms with Crippen molar-refractivity contribution >= 4 is 23.5 Å². The predicted octanol–water partition coefficient (Wildman–Crippen LogP) is 7.03. The highest BCUT2D eigenvalue weighted by Gasteiger charge is 2.20. The van der Waals surface area contributed by atoms with Crippen LogP contribution in [-0.4, -0.2) is 55.6 Å². The molecule has 0 atom stereocenters. The zero-order chi connectivity index (χ0) is 31.0. The van der Waals surface area contributed by atoms with Crippen LogP contribution in [0.5, 0.6) is 11.5 Å². The molecule has 3 aromatic carbocycles. The number of carbonyl (C=O) groups is 1. The molecule has 0 aliphatic carbocycles. The van der Waals surface area contributed by atoms with Crippen LogP contribution in [0.2, 0.25) is 0 Å². The Morgan fingerprint density at radius 3 is 2.14 bits per heavy atom. The lowest BCUT2D eigenvalue weighted by molar-refractivity contribution is 0.0785. The van der Waals surface area contributed by atoms with E-state index in [0.717, 1.165) is 57.8 Å². The van der Waals surface area contributed by atoms with Crippen molar-refractivity contribution in [2.24, 2.45) is 0 Å². The molecule has 0 spiro atoms. The van der Waals surface area contributed by atoms with E-state index in [1.54, 1.807) is 30.9 Å². The number of benzene rings is 3. The van der Waals surface area contributed by atoms with E-state index in [0.29, 0.717) is 17.9 Å². The number of aromatic nitrogens is 2. The Hall–Kier alpha value is -4.04. The summed E-state index contributed by atoms with van der Waals surface area (Å²) in [6, 6.07) is 26.0. The lowest BCUT2D eigenvalue weighted by Crippen LogP contribution is -2.26. The minimum Gasteiger partial charge on any atom is -0.493 e. The molecule has 1 aromatic heterocycles. The maximum absolute atomic E-state index is 13.0. The van der Waals surface area contributed by atoms with Crippen LogP contribution in [0, 0.1) is 0 Å². The highest BCUT2D eigenvalue weighted by Crippen LogP contribution is 2.30. The van der Waals surface area contributed by atoms with Gasteiger partial charge in [-0.3, -0.25) is 4.79 Å². The van der Waals surface area contributed by atoms with Gasteiger partial charge in [-0.15, -0.1) is 0 Å². The van der Waals surface area contributed by atoms with Gasteiger partial charge < -0.3 is 19.3 Å². The minimum absolute atomic E-state index is 0.00466. The maximum Gasteiger partial charge on any atom is 0.253 e. The molecule has 0 fully saturated rings. The quantitative estimate of drug-likeness (QED) is 0.128. The standard InChI is InChI=1S/C35H42N4O3S/c1-35(2,3)31-22-32(38(4)20-19-25-15-18-29(41-6)30(21-25)42-7)37-34(36-31)43-24-27-13-16-28(17-14-27)33(40)39(5)23-26-11-9-8-10-12-26/h8-18,21-22H,19-20,23-24H2,1-7H3. The van der Waals surface area contributed by atoms with Crippen molar-refractivity contribution in [1.82, 2.24) is 14.9 Å². The fourth-order valence-electron chi connectivity index (χ4n) is 4.55. The Bertz CT molecular complexity index is 1500. The first kappa shape index (κ1) is 31.9. The van der Waals surface area contributed by atoms with Crippen LogP contribution < -0.4 is 14.4 Å². The summed E-state index contributed by atoms with van der Waals surface area (Å²) < 4.78 is 10.8. The van der Waals surface area contributed by atoms with E-state index < -0.39 is 0 Å². The maximum atomic E-state index is 13.0. The van der Waals surface area contributed by atoms with Crippen LogP contribution >= 0.6 is 11.8 Å². The Morgan fingerprint density at radius 2 is 1.49 bits per heavy atom. The molecule has 226 valence electrons. The normalized spacial score (nSPS) is 11.2. The van der Waals surface area contributed by atoms with Crippen molar-refractivity contribution in [3.63, 3.8) is 0 Å². The number of hydrogen-bond donors (Lipinski definition) is 0. The summed E-state index contributed by atoms with van der Waals surface area (Å²) in [7, 11) is 7.20. The van der Waals surface area contributed by atoms with E-state index in [4.69, 9.17) is 19.4 Å². The number of rotatable bonds is 12. The number of carbonyl (C=O) groups excluding carboxylic acids is 1. The van der Waals surface area contributed by atoms with Crippen molar-refractivity contribution in [3.8, 4) is 11.5 Å². The SMILES string of the molecule is COc1ccc(CCN(C)c2cc(C(C)(C)C)nc(SCc3ccc(C(=O)N(C)Cc4ccccc4)cc3)n2)cc1OC. The van der Waals surface area contributed by atoms with Gasteiger partial charge in [0.15, 0.2) is 16.7 Å². The Labute approximate surface area is 260 Å². The zero-order valence-corrected chi connectivity index (χ0v) is 27.1. The number of methoxy groups -OCH3 is 2. The lowest BCUT2D eigenvalue weighted by Gasteiger charge is -2.23. The molecule has 0 radical (unpaired) electrons. The summed E-state index contributed by atoms with van der Waals surface area (Å²) in [5.41, 5.74) is 4.94. The summed E-state index contributed by atoms with van der Waals surface area (Å²) in [6.45, 7) is 7.86. The van der Waals surface area contributed by atoms with E-state index in [1.807, 2.05) is 73.8 Å². The van der Waals surface area contributed by atoms with Gasteiger partial charge in [0, 0.05) is 50.0 Å². The van der Waals surface area contributed by atoms with E-state index in [-0.39, 0.29) is 11.3 Å².